The van der Waals surface area contributed by atoms with E-state index in [-0.39, 0.29) is 6.04 Å². The Morgan fingerprint density at radius 1 is 1.10 bits per heavy atom. The van der Waals surface area contributed by atoms with E-state index in [9.17, 15) is 4.79 Å². The summed E-state index contributed by atoms with van der Waals surface area (Å²) in [5.74, 6) is 1.30. The van der Waals surface area contributed by atoms with Gasteiger partial charge in [-0.25, -0.2) is 0 Å². The van der Waals surface area contributed by atoms with Crippen LogP contribution in [-0.4, -0.2) is 124 Å². The Labute approximate surface area is 177 Å². The average Bonchev–Trinajstić information content (AvgIpc) is 3.28. The van der Waals surface area contributed by atoms with Gasteiger partial charge in [0, 0.05) is 66.0 Å². The molecule has 1 amide bonds. The van der Waals surface area contributed by atoms with Crippen molar-refractivity contribution in [2.45, 2.75) is 39.2 Å². The van der Waals surface area contributed by atoms with Crippen molar-refractivity contribution in [1.82, 2.24) is 24.9 Å². The number of rotatable bonds is 10. The fraction of sp³-hybridized carbons (Fsp3) is 0.905. The maximum atomic E-state index is 12.7. The van der Waals surface area contributed by atoms with Gasteiger partial charge in [-0.05, 0) is 46.7 Å². The highest BCUT2D eigenvalue weighted by Crippen LogP contribution is 2.14. The fourth-order valence-electron chi connectivity index (χ4n) is 3.99. The Bertz CT molecular complexity index is 501. The molecule has 0 radical (unpaired) electrons. The van der Waals surface area contributed by atoms with E-state index in [0.717, 1.165) is 97.3 Å². The van der Waals surface area contributed by atoms with Crippen LogP contribution in [0, 0.1) is 0 Å². The number of carbonyl (C=O) groups is 1. The molecular weight excluding hydrogens is 368 g/mol. The SMILES string of the molecule is CCNC(=NCCCN(C)CCOC)N1CCN(C(C)C(=O)N2CCCC2)CC1. The largest absolute Gasteiger partial charge is 0.383 e. The van der Waals surface area contributed by atoms with Crippen LogP contribution in [-0.2, 0) is 9.53 Å². The average molecular weight is 411 g/mol. The van der Waals surface area contributed by atoms with E-state index in [2.05, 4.69) is 40.9 Å². The van der Waals surface area contributed by atoms with Gasteiger partial charge in [0.2, 0.25) is 5.91 Å². The molecule has 0 saturated carbocycles. The summed E-state index contributed by atoms with van der Waals surface area (Å²) in [7, 11) is 3.86. The second-order valence-corrected chi connectivity index (χ2v) is 8.12. The molecule has 8 heteroatoms. The van der Waals surface area contributed by atoms with Crippen LogP contribution in [0.3, 0.4) is 0 Å². The summed E-state index contributed by atoms with van der Waals surface area (Å²) in [5.41, 5.74) is 0. The van der Waals surface area contributed by atoms with Crippen LogP contribution in [0.2, 0.25) is 0 Å². The minimum atomic E-state index is -0.0163. The van der Waals surface area contributed by atoms with Crippen LogP contribution >= 0.6 is 0 Å². The van der Waals surface area contributed by atoms with Gasteiger partial charge in [0.25, 0.3) is 0 Å². The summed E-state index contributed by atoms with van der Waals surface area (Å²) in [4.78, 5) is 26.5. The zero-order chi connectivity index (χ0) is 21.1. The Hall–Kier alpha value is -1.38. The van der Waals surface area contributed by atoms with Crippen LogP contribution in [0.15, 0.2) is 4.99 Å². The molecule has 0 aromatic heterocycles. The van der Waals surface area contributed by atoms with E-state index >= 15 is 0 Å². The Kier molecular flexibility index (Phi) is 10.7. The Morgan fingerprint density at radius 2 is 1.79 bits per heavy atom. The third-order valence-electron chi connectivity index (χ3n) is 5.91. The number of ether oxygens (including phenoxy) is 1. The summed E-state index contributed by atoms with van der Waals surface area (Å²) in [5, 5.41) is 3.43. The number of hydrogen-bond acceptors (Lipinski definition) is 5. The lowest BCUT2D eigenvalue weighted by atomic mass is 10.2. The molecule has 0 aliphatic carbocycles. The highest BCUT2D eigenvalue weighted by Gasteiger charge is 2.30. The molecule has 0 aromatic carbocycles. The third kappa shape index (κ3) is 7.75. The quantitative estimate of drug-likeness (QED) is 0.322. The van der Waals surface area contributed by atoms with Crippen molar-refractivity contribution >= 4 is 11.9 Å². The number of guanidine groups is 1. The first-order valence-corrected chi connectivity index (χ1v) is 11.3. The third-order valence-corrected chi connectivity index (χ3v) is 5.91. The number of carbonyl (C=O) groups excluding carboxylic acids is 1. The molecule has 2 saturated heterocycles. The van der Waals surface area contributed by atoms with E-state index in [4.69, 9.17) is 9.73 Å². The second-order valence-electron chi connectivity index (χ2n) is 8.12. The molecule has 1 N–H and O–H groups in total. The number of hydrogen-bond donors (Lipinski definition) is 1. The molecule has 8 nitrogen and oxygen atoms in total. The molecular formula is C21H42N6O2. The van der Waals surface area contributed by atoms with Gasteiger partial charge in [-0.3, -0.25) is 14.7 Å². The van der Waals surface area contributed by atoms with Gasteiger partial charge < -0.3 is 24.8 Å². The number of amides is 1. The number of aliphatic imine (C=N–C) groups is 1. The molecule has 2 heterocycles. The van der Waals surface area contributed by atoms with Gasteiger partial charge in [0.15, 0.2) is 5.96 Å². The van der Waals surface area contributed by atoms with E-state index in [1.165, 1.54) is 0 Å². The molecule has 2 aliphatic rings. The predicted octanol–water partition coefficient (Wildman–Crippen LogP) is 0.549. The first-order chi connectivity index (χ1) is 14.1. The number of nitrogens with zero attached hydrogens (tertiary/aromatic N) is 5. The summed E-state index contributed by atoms with van der Waals surface area (Å²) < 4.78 is 5.12. The Balaban J connectivity index is 1.77. The summed E-state index contributed by atoms with van der Waals surface area (Å²) in [6, 6.07) is -0.0163. The lowest BCUT2D eigenvalue weighted by Crippen LogP contribution is -2.57. The first kappa shape index (κ1) is 23.9. The normalized spacial score (nSPS) is 19.8. The van der Waals surface area contributed by atoms with Crippen molar-refractivity contribution in [2.24, 2.45) is 4.99 Å². The van der Waals surface area contributed by atoms with E-state index in [0.29, 0.717) is 5.91 Å². The molecule has 0 spiro atoms. The Morgan fingerprint density at radius 3 is 2.41 bits per heavy atom. The maximum Gasteiger partial charge on any atom is 0.239 e. The zero-order valence-corrected chi connectivity index (χ0v) is 19.0. The van der Waals surface area contributed by atoms with Gasteiger partial charge in [-0.15, -0.1) is 0 Å². The predicted molar refractivity (Wildman–Crippen MR) is 118 cm³/mol. The van der Waals surface area contributed by atoms with Gasteiger partial charge in [-0.1, -0.05) is 0 Å². The number of methoxy groups -OCH3 is 1. The highest BCUT2D eigenvalue weighted by molar-refractivity contribution is 5.82. The monoisotopic (exact) mass is 410 g/mol. The number of likely N-dealkylation sites (tertiary alicyclic amines) is 1. The maximum absolute atomic E-state index is 12.7. The molecule has 168 valence electrons. The van der Waals surface area contributed by atoms with Gasteiger partial charge >= 0.3 is 0 Å². The van der Waals surface area contributed by atoms with Crippen molar-refractivity contribution in [2.75, 3.05) is 86.2 Å². The lowest BCUT2D eigenvalue weighted by molar-refractivity contribution is -0.135. The molecule has 0 bridgehead atoms. The summed E-state index contributed by atoms with van der Waals surface area (Å²) in [6.07, 6.45) is 3.34. The lowest BCUT2D eigenvalue weighted by Gasteiger charge is -2.39. The van der Waals surface area contributed by atoms with Gasteiger partial charge in [0.05, 0.1) is 12.6 Å². The number of nitrogens with one attached hydrogen (secondary N) is 1. The first-order valence-electron chi connectivity index (χ1n) is 11.3. The zero-order valence-electron chi connectivity index (χ0n) is 19.0. The van der Waals surface area contributed by atoms with E-state index in [1.807, 2.05) is 4.90 Å². The molecule has 1 atom stereocenters. The van der Waals surface area contributed by atoms with Crippen molar-refractivity contribution in [1.29, 1.82) is 0 Å². The van der Waals surface area contributed by atoms with Crippen molar-refractivity contribution in [3.8, 4) is 0 Å². The van der Waals surface area contributed by atoms with Crippen molar-refractivity contribution in [3.63, 3.8) is 0 Å². The molecule has 2 aliphatic heterocycles. The molecule has 29 heavy (non-hydrogen) atoms. The van der Waals surface area contributed by atoms with Crippen molar-refractivity contribution < 1.29 is 9.53 Å². The summed E-state index contributed by atoms with van der Waals surface area (Å²) in [6.45, 7) is 14.1. The molecule has 0 aromatic rings. The van der Waals surface area contributed by atoms with E-state index in [1.54, 1.807) is 7.11 Å². The van der Waals surface area contributed by atoms with Gasteiger partial charge in [-0.2, -0.15) is 0 Å². The van der Waals surface area contributed by atoms with Crippen LogP contribution in [0.1, 0.15) is 33.1 Å². The molecule has 2 rings (SSSR count). The van der Waals surface area contributed by atoms with E-state index < -0.39 is 0 Å². The molecule has 2 fully saturated rings. The molecule has 1 unspecified atom stereocenters. The summed E-state index contributed by atoms with van der Waals surface area (Å²) >= 11 is 0. The number of likely N-dealkylation sites (N-methyl/N-ethyl adjacent to an activating group) is 1. The van der Waals surface area contributed by atoms with Crippen LogP contribution in [0.25, 0.3) is 0 Å². The fourth-order valence-corrected chi connectivity index (χ4v) is 3.99. The highest BCUT2D eigenvalue weighted by atomic mass is 16.5. The number of piperazine rings is 1. The van der Waals surface area contributed by atoms with Crippen molar-refractivity contribution in [3.05, 3.63) is 0 Å². The standard InChI is InChI=1S/C21H42N6O2/c1-5-22-21(23-9-8-10-24(3)17-18-29-4)27-15-13-25(14-16-27)19(2)20(28)26-11-6-7-12-26/h19H,5-18H2,1-4H3,(H,22,23). The minimum Gasteiger partial charge on any atom is -0.383 e. The van der Waals surface area contributed by atoms with Crippen LogP contribution in [0.4, 0.5) is 0 Å². The van der Waals surface area contributed by atoms with Crippen LogP contribution < -0.4 is 5.32 Å². The minimum absolute atomic E-state index is 0.0163. The second kappa shape index (κ2) is 13.0. The van der Waals surface area contributed by atoms with Crippen LogP contribution in [0.5, 0.6) is 0 Å². The smallest absolute Gasteiger partial charge is 0.239 e. The van der Waals surface area contributed by atoms with Gasteiger partial charge in [0.1, 0.15) is 0 Å². The topological polar surface area (TPSA) is 63.7 Å².